The predicted molar refractivity (Wildman–Crippen MR) is 50.7 cm³/mol. The summed E-state index contributed by atoms with van der Waals surface area (Å²) in [5.74, 6) is -0.630. The molecule has 0 atom stereocenters. The summed E-state index contributed by atoms with van der Waals surface area (Å²) < 4.78 is 5.26. The summed E-state index contributed by atoms with van der Waals surface area (Å²) in [7, 11) is 0. The second kappa shape index (κ2) is 3.62. The van der Waals surface area contributed by atoms with Crippen LogP contribution in [-0.4, -0.2) is 39.5 Å². The molecule has 0 spiro atoms. The monoisotopic (exact) mass is 211 g/mol. The van der Waals surface area contributed by atoms with Crippen LogP contribution in [0, 0.1) is 0 Å². The number of aromatic amines is 1. The molecule has 15 heavy (non-hydrogen) atoms. The largest absolute Gasteiger partial charge is 0.475 e. The van der Waals surface area contributed by atoms with Crippen molar-refractivity contribution in [1.29, 1.82) is 0 Å². The van der Waals surface area contributed by atoms with Crippen molar-refractivity contribution in [3.63, 3.8) is 0 Å². The van der Waals surface area contributed by atoms with E-state index < -0.39 is 5.97 Å². The molecule has 6 heteroatoms. The summed E-state index contributed by atoms with van der Waals surface area (Å²) in [6.45, 7) is 3.40. The average Bonchev–Trinajstić information content (AvgIpc) is 2.68. The number of carboxylic acid groups (broad SMARTS) is 1. The Morgan fingerprint density at radius 2 is 2.20 bits per heavy atom. The number of nitrogens with zero attached hydrogens (tertiary/aromatic N) is 2. The van der Waals surface area contributed by atoms with Gasteiger partial charge in [0.15, 0.2) is 0 Å². The average molecular weight is 211 g/mol. The third-order valence-electron chi connectivity index (χ3n) is 2.84. The molecule has 0 bridgehead atoms. The van der Waals surface area contributed by atoms with E-state index in [0.29, 0.717) is 19.0 Å². The van der Waals surface area contributed by atoms with Gasteiger partial charge in [-0.3, -0.25) is 5.10 Å². The van der Waals surface area contributed by atoms with Gasteiger partial charge in [0.1, 0.15) is 5.82 Å². The SMILES string of the molecule is CC1(c2nc(C(=O)O)n[nH]2)CCOCC1. The van der Waals surface area contributed by atoms with E-state index in [1.165, 1.54) is 0 Å². The Morgan fingerprint density at radius 3 is 2.73 bits per heavy atom. The van der Waals surface area contributed by atoms with Crippen molar-refractivity contribution in [3.8, 4) is 0 Å². The van der Waals surface area contributed by atoms with Crippen LogP contribution in [0.1, 0.15) is 36.2 Å². The minimum atomic E-state index is -1.10. The number of rotatable bonds is 2. The van der Waals surface area contributed by atoms with Gasteiger partial charge in [-0.25, -0.2) is 9.78 Å². The molecule has 0 amide bonds. The third-order valence-corrected chi connectivity index (χ3v) is 2.84. The van der Waals surface area contributed by atoms with E-state index in [1.54, 1.807) is 0 Å². The lowest BCUT2D eigenvalue weighted by atomic mass is 9.82. The Labute approximate surface area is 86.7 Å². The molecule has 0 aromatic carbocycles. The number of hydrogen-bond donors (Lipinski definition) is 2. The van der Waals surface area contributed by atoms with Gasteiger partial charge in [-0.1, -0.05) is 6.92 Å². The minimum Gasteiger partial charge on any atom is -0.475 e. The Bertz CT molecular complexity index is 368. The van der Waals surface area contributed by atoms with Crippen LogP contribution >= 0.6 is 0 Å². The van der Waals surface area contributed by atoms with Crippen LogP contribution in [0.5, 0.6) is 0 Å². The highest BCUT2D eigenvalue weighted by Crippen LogP contribution is 2.31. The van der Waals surface area contributed by atoms with E-state index >= 15 is 0 Å². The Morgan fingerprint density at radius 1 is 1.53 bits per heavy atom. The molecular weight excluding hydrogens is 198 g/mol. The molecule has 82 valence electrons. The van der Waals surface area contributed by atoms with Gasteiger partial charge in [0.05, 0.1) is 0 Å². The van der Waals surface area contributed by atoms with Crippen molar-refractivity contribution < 1.29 is 14.6 Å². The number of H-pyrrole nitrogens is 1. The van der Waals surface area contributed by atoms with Gasteiger partial charge in [-0.05, 0) is 12.8 Å². The number of aromatic carboxylic acids is 1. The van der Waals surface area contributed by atoms with Crippen molar-refractivity contribution >= 4 is 5.97 Å². The zero-order valence-electron chi connectivity index (χ0n) is 8.49. The van der Waals surface area contributed by atoms with Crippen molar-refractivity contribution in [1.82, 2.24) is 15.2 Å². The van der Waals surface area contributed by atoms with Gasteiger partial charge < -0.3 is 9.84 Å². The number of ether oxygens (including phenoxy) is 1. The molecule has 2 rings (SSSR count). The van der Waals surface area contributed by atoms with Crippen LogP contribution in [-0.2, 0) is 10.2 Å². The number of hydrogen-bond acceptors (Lipinski definition) is 4. The van der Waals surface area contributed by atoms with Gasteiger partial charge in [0.25, 0.3) is 5.82 Å². The van der Waals surface area contributed by atoms with Crippen molar-refractivity contribution in [2.24, 2.45) is 0 Å². The lowest BCUT2D eigenvalue weighted by Gasteiger charge is -2.30. The summed E-state index contributed by atoms with van der Waals surface area (Å²) in [5.41, 5.74) is -0.140. The van der Waals surface area contributed by atoms with Gasteiger partial charge in [-0.15, -0.1) is 5.10 Å². The minimum absolute atomic E-state index is 0.140. The van der Waals surface area contributed by atoms with Crippen LogP contribution in [0.25, 0.3) is 0 Å². The van der Waals surface area contributed by atoms with Crippen LogP contribution in [0.3, 0.4) is 0 Å². The lowest BCUT2D eigenvalue weighted by Crippen LogP contribution is -2.31. The molecule has 0 aliphatic carbocycles. The normalized spacial score (nSPS) is 20.1. The first-order chi connectivity index (χ1) is 7.12. The second-order valence-electron chi connectivity index (χ2n) is 3.99. The molecule has 1 aliphatic rings. The summed E-state index contributed by atoms with van der Waals surface area (Å²) in [4.78, 5) is 14.6. The molecule has 0 unspecified atom stereocenters. The molecule has 0 radical (unpaired) electrons. The van der Waals surface area contributed by atoms with Gasteiger partial charge in [-0.2, -0.15) is 0 Å². The maximum Gasteiger partial charge on any atom is 0.375 e. The molecule has 1 aromatic rings. The maximum atomic E-state index is 10.6. The first-order valence-electron chi connectivity index (χ1n) is 4.86. The topological polar surface area (TPSA) is 88.1 Å². The summed E-state index contributed by atoms with van der Waals surface area (Å²) in [5, 5.41) is 15.1. The summed E-state index contributed by atoms with van der Waals surface area (Å²) in [6, 6.07) is 0. The smallest absolute Gasteiger partial charge is 0.375 e. The third kappa shape index (κ3) is 1.85. The second-order valence-corrected chi connectivity index (χ2v) is 3.99. The van der Waals surface area contributed by atoms with Crippen molar-refractivity contribution in [2.45, 2.75) is 25.2 Å². The van der Waals surface area contributed by atoms with Crippen LogP contribution in [0.15, 0.2) is 0 Å². The summed E-state index contributed by atoms with van der Waals surface area (Å²) >= 11 is 0. The van der Waals surface area contributed by atoms with Gasteiger partial charge >= 0.3 is 5.97 Å². The Balaban J connectivity index is 2.23. The van der Waals surface area contributed by atoms with E-state index in [0.717, 1.165) is 12.8 Å². The van der Waals surface area contributed by atoms with E-state index in [9.17, 15) is 4.79 Å². The van der Waals surface area contributed by atoms with E-state index in [2.05, 4.69) is 15.2 Å². The Kier molecular flexibility index (Phi) is 2.44. The highest BCUT2D eigenvalue weighted by Gasteiger charge is 2.33. The van der Waals surface area contributed by atoms with Gasteiger partial charge in [0.2, 0.25) is 0 Å². The summed E-state index contributed by atoms with van der Waals surface area (Å²) in [6.07, 6.45) is 1.67. The molecule has 0 saturated carbocycles. The highest BCUT2D eigenvalue weighted by atomic mass is 16.5. The number of aromatic nitrogens is 3. The number of carbonyl (C=O) groups is 1. The number of carboxylic acids is 1. The fourth-order valence-electron chi connectivity index (χ4n) is 1.69. The molecule has 1 aliphatic heterocycles. The molecular formula is C9H13N3O3. The van der Waals surface area contributed by atoms with Crippen LogP contribution < -0.4 is 0 Å². The molecule has 1 aromatic heterocycles. The first kappa shape index (κ1) is 10.1. The number of nitrogens with one attached hydrogen (secondary N) is 1. The van der Waals surface area contributed by atoms with Crippen LogP contribution in [0.4, 0.5) is 0 Å². The highest BCUT2D eigenvalue weighted by molar-refractivity contribution is 5.82. The molecule has 6 nitrogen and oxygen atoms in total. The zero-order valence-corrected chi connectivity index (χ0v) is 8.49. The fraction of sp³-hybridized carbons (Fsp3) is 0.667. The van der Waals surface area contributed by atoms with E-state index in [1.807, 2.05) is 6.92 Å². The van der Waals surface area contributed by atoms with E-state index in [4.69, 9.17) is 9.84 Å². The predicted octanol–water partition coefficient (Wildman–Crippen LogP) is 0.571. The molecule has 2 N–H and O–H groups in total. The molecule has 1 fully saturated rings. The van der Waals surface area contributed by atoms with Crippen molar-refractivity contribution in [3.05, 3.63) is 11.6 Å². The lowest BCUT2D eigenvalue weighted by molar-refractivity contribution is 0.0536. The molecule has 1 saturated heterocycles. The van der Waals surface area contributed by atoms with Gasteiger partial charge in [0, 0.05) is 18.6 Å². The maximum absolute atomic E-state index is 10.6. The fourth-order valence-corrected chi connectivity index (χ4v) is 1.69. The van der Waals surface area contributed by atoms with E-state index in [-0.39, 0.29) is 11.2 Å². The standard InChI is InChI=1S/C9H13N3O3/c1-9(2-4-15-5-3-9)8-10-6(7(13)14)11-12-8/h2-5H2,1H3,(H,13,14)(H,10,11,12). The zero-order chi connectivity index (χ0) is 10.9. The Hall–Kier alpha value is -1.43. The quantitative estimate of drug-likeness (QED) is 0.746. The van der Waals surface area contributed by atoms with Crippen molar-refractivity contribution in [2.75, 3.05) is 13.2 Å². The molecule has 2 heterocycles. The first-order valence-corrected chi connectivity index (χ1v) is 4.86. The van der Waals surface area contributed by atoms with Crippen LogP contribution in [0.2, 0.25) is 0 Å².